The van der Waals surface area contributed by atoms with Gasteiger partial charge in [-0.2, -0.15) is 0 Å². The number of hydrogen-bond acceptors (Lipinski definition) is 6. The molecule has 144 valence electrons. The van der Waals surface area contributed by atoms with E-state index < -0.39 is 35.9 Å². The number of nitrogens with one attached hydrogen (secondary N) is 1. The smallest absolute Gasteiger partial charge is 0.326 e. The number of carboxylic acid groups (broad SMARTS) is 1. The molecule has 9 nitrogen and oxygen atoms in total. The third-order valence-electron chi connectivity index (χ3n) is 4.72. The van der Waals surface area contributed by atoms with E-state index in [4.69, 9.17) is 10.2 Å². The lowest BCUT2D eigenvalue weighted by Crippen LogP contribution is -2.52. The Bertz CT molecular complexity index is 672. The third-order valence-corrected chi connectivity index (χ3v) is 4.72. The van der Waals surface area contributed by atoms with Crippen molar-refractivity contribution in [3.8, 4) is 0 Å². The molecule has 1 aromatic rings. The maximum absolute atomic E-state index is 12.7. The van der Waals surface area contributed by atoms with Crippen LogP contribution in [-0.2, 0) is 9.59 Å². The monoisotopic (exact) mass is 366 g/mol. The molecule has 0 bridgehead atoms. The van der Waals surface area contributed by atoms with Crippen molar-refractivity contribution < 1.29 is 23.9 Å². The number of carboxylic acids is 1. The van der Waals surface area contributed by atoms with Gasteiger partial charge in [-0.1, -0.05) is 20.3 Å². The zero-order valence-corrected chi connectivity index (χ0v) is 15.3. The normalized spacial score (nSPS) is 20.5. The number of likely N-dealkylation sites (tertiary alicyclic amines) is 1. The van der Waals surface area contributed by atoms with Gasteiger partial charge in [-0.15, -0.1) is 0 Å². The van der Waals surface area contributed by atoms with Crippen LogP contribution in [0.5, 0.6) is 0 Å². The van der Waals surface area contributed by atoms with Crippen LogP contribution in [0, 0.1) is 5.92 Å². The summed E-state index contributed by atoms with van der Waals surface area (Å²) in [5.41, 5.74) is 5.77. The van der Waals surface area contributed by atoms with E-state index in [1.165, 1.54) is 11.2 Å². The van der Waals surface area contributed by atoms with Crippen molar-refractivity contribution in [3.63, 3.8) is 0 Å². The molecule has 1 aromatic heterocycles. The molecule has 2 amide bonds. The first-order valence-electron chi connectivity index (χ1n) is 8.81. The van der Waals surface area contributed by atoms with Gasteiger partial charge in [0.05, 0.1) is 6.04 Å². The SMILES string of the molecule is CCC(C)C(NC(=O)C1CCCN1C(=O)c1coc(C(C)N)n1)C(=O)O. The highest BCUT2D eigenvalue weighted by molar-refractivity contribution is 5.97. The lowest BCUT2D eigenvalue weighted by Gasteiger charge is -2.26. The molecular formula is C17H26N4O5. The highest BCUT2D eigenvalue weighted by atomic mass is 16.4. The Balaban J connectivity index is 2.11. The van der Waals surface area contributed by atoms with Gasteiger partial charge in [-0.3, -0.25) is 9.59 Å². The van der Waals surface area contributed by atoms with Crippen LogP contribution in [0.1, 0.15) is 62.5 Å². The van der Waals surface area contributed by atoms with Crippen LogP contribution in [-0.4, -0.2) is 51.4 Å². The van der Waals surface area contributed by atoms with Crippen LogP contribution in [0.3, 0.4) is 0 Å². The van der Waals surface area contributed by atoms with Gasteiger partial charge >= 0.3 is 5.97 Å². The van der Waals surface area contributed by atoms with Crippen LogP contribution in [0.15, 0.2) is 10.7 Å². The molecule has 4 N–H and O–H groups in total. The van der Waals surface area contributed by atoms with Gasteiger partial charge in [-0.05, 0) is 25.7 Å². The van der Waals surface area contributed by atoms with Crippen molar-refractivity contribution in [2.75, 3.05) is 6.54 Å². The van der Waals surface area contributed by atoms with Crippen LogP contribution in [0.4, 0.5) is 0 Å². The van der Waals surface area contributed by atoms with E-state index in [0.29, 0.717) is 25.8 Å². The summed E-state index contributed by atoms with van der Waals surface area (Å²) in [6.45, 7) is 5.71. The van der Waals surface area contributed by atoms with Crippen LogP contribution < -0.4 is 11.1 Å². The maximum atomic E-state index is 12.7. The molecule has 2 heterocycles. The molecule has 0 aromatic carbocycles. The number of oxazole rings is 1. The van der Waals surface area contributed by atoms with Gasteiger partial charge in [0.25, 0.3) is 5.91 Å². The van der Waals surface area contributed by atoms with Crippen molar-refractivity contribution in [1.82, 2.24) is 15.2 Å². The van der Waals surface area contributed by atoms with Gasteiger partial charge in [0, 0.05) is 6.54 Å². The number of hydrogen-bond donors (Lipinski definition) is 3. The fraction of sp³-hybridized carbons (Fsp3) is 0.647. The fourth-order valence-electron chi connectivity index (χ4n) is 2.96. The summed E-state index contributed by atoms with van der Waals surface area (Å²) < 4.78 is 5.18. The predicted octanol–water partition coefficient (Wildman–Crippen LogP) is 0.914. The Labute approximate surface area is 151 Å². The minimum atomic E-state index is -1.08. The highest BCUT2D eigenvalue weighted by Crippen LogP contribution is 2.22. The van der Waals surface area contributed by atoms with E-state index in [0.717, 1.165) is 0 Å². The number of carbonyl (C=O) groups excluding carboxylic acids is 2. The number of nitrogens with zero attached hydrogens (tertiary/aromatic N) is 2. The molecule has 1 aliphatic rings. The van der Waals surface area contributed by atoms with E-state index in [1.807, 2.05) is 6.92 Å². The molecule has 0 saturated carbocycles. The van der Waals surface area contributed by atoms with Gasteiger partial charge < -0.3 is 25.5 Å². The molecule has 4 unspecified atom stereocenters. The quantitative estimate of drug-likeness (QED) is 0.652. The molecule has 0 radical (unpaired) electrons. The predicted molar refractivity (Wildman–Crippen MR) is 92.2 cm³/mol. The van der Waals surface area contributed by atoms with Crippen molar-refractivity contribution >= 4 is 17.8 Å². The van der Waals surface area contributed by atoms with E-state index in [1.54, 1.807) is 13.8 Å². The molecule has 0 aliphatic carbocycles. The van der Waals surface area contributed by atoms with Crippen LogP contribution in [0.2, 0.25) is 0 Å². The summed E-state index contributed by atoms with van der Waals surface area (Å²) >= 11 is 0. The summed E-state index contributed by atoms with van der Waals surface area (Å²) in [5.74, 6) is -1.93. The molecule has 2 rings (SSSR count). The molecule has 9 heteroatoms. The highest BCUT2D eigenvalue weighted by Gasteiger charge is 2.38. The van der Waals surface area contributed by atoms with Gasteiger partial charge in [0.15, 0.2) is 5.69 Å². The van der Waals surface area contributed by atoms with Crippen LogP contribution >= 0.6 is 0 Å². The Morgan fingerprint density at radius 2 is 2.15 bits per heavy atom. The summed E-state index contributed by atoms with van der Waals surface area (Å²) in [6, 6.07) is -2.15. The number of amides is 2. The van der Waals surface area contributed by atoms with Crippen molar-refractivity contribution in [2.24, 2.45) is 11.7 Å². The Kier molecular flexibility index (Phi) is 6.36. The molecule has 0 spiro atoms. The Hall–Kier alpha value is -2.42. The Morgan fingerprint density at radius 3 is 2.69 bits per heavy atom. The van der Waals surface area contributed by atoms with Gasteiger partial charge in [0.1, 0.15) is 18.3 Å². The van der Waals surface area contributed by atoms with E-state index in [9.17, 15) is 19.5 Å². The molecule has 26 heavy (non-hydrogen) atoms. The second kappa shape index (κ2) is 8.31. The summed E-state index contributed by atoms with van der Waals surface area (Å²) in [7, 11) is 0. The second-order valence-corrected chi connectivity index (χ2v) is 6.73. The molecule has 1 fully saturated rings. The molecule has 4 atom stereocenters. The number of nitrogens with two attached hydrogens (primary N) is 1. The molecule has 1 saturated heterocycles. The van der Waals surface area contributed by atoms with Crippen molar-refractivity contribution in [3.05, 3.63) is 17.8 Å². The molecular weight excluding hydrogens is 340 g/mol. The lowest BCUT2D eigenvalue weighted by molar-refractivity contribution is -0.143. The maximum Gasteiger partial charge on any atom is 0.326 e. The first kappa shape index (κ1) is 19.9. The number of aliphatic carboxylic acids is 1. The van der Waals surface area contributed by atoms with E-state index in [-0.39, 0.29) is 17.5 Å². The lowest BCUT2D eigenvalue weighted by atomic mass is 9.99. The largest absolute Gasteiger partial charge is 0.480 e. The zero-order chi connectivity index (χ0) is 19.4. The minimum Gasteiger partial charge on any atom is -0.480 e. The van der Waals surface area contributed by atoms with E-state index in [2.05, 4.69) is 10.3 Å². The van der Waals surface area contributed by atoms with Gasteiger partial charge in [-0.25, -0.2) is 9.78 Å². The zero-order valence-electron chi connectivity index (χ0n) is 15.3. The van der Waals surface area contributed by atoms with E-state index >= 15 is 0 Å². The summed E-state index contributed by atoms with van der Waals surface area (Å²) in [5, 5.41) is 11.9. The average Bonchev–Trinajstić information content (AvgIpc) is 3.26. The number of rotatable bonds is 7. The average molecular weight is 366 g/mol. The first-order chi connectivity index (χ1) is 12.3. The van der Waals surface area contributed by atoms with Gasteiger partial charge in [0.2, 0.25) is 11.8 Å². The minimum absolute atomic E-state index is 0.0914. The Morgan fingerprint density at radius 1 is 1.46 bits per heavy atom. The molecule has 1 aliphatic heterocycles. The second-order valence-electron chi connectivity index (χ2n) is 6.73. The van der Waals surface area contributed by atoms with Crippen molar-refractivity contribution in [1.29, 1.82) is 0 Å². The van der Waals surface area contributed by atoms with Crippen LogP contribution in [0.25, 0.3) is 0 Å². The van der Waals surface area contributed by atoms with Crippen molar-refractivity contribution in [2.45, 2.75) is 58.2 Å². The third kappa shape index (κ3) is 4.21. The summed E-state index contributed by atoms with van der Waals surface area (Å²) in [4.78, 5) is 42.2. The topological polar surface area (TPSA) is 139 Å². The first-order valence-corrected chi connectivity index (χ1v) is 8.81. The standard InChI is InChI=1S/C17H26N4O5/c1-4-9(2)13(17(24)25)20-14(22)12-6-5-7-21(12)16(23)11-8-26-15(19-11)10(3)18/h8-10,12-13H,4-7,18H2,1-3H3,(H,20,22)(H,24,25). The summed E-state index contributed by atoms with van der Waals surface area (Å²) in [6.07, 6.45) is 2.97. The number of aromatic nitrogens is 1. The fourth-order valence-corrected chi connectivity index (χ4v) is 2.96. The number of carbonyl (C=O) groups is 3.